The summed E-state index contributed by atoms with van der Waals surface area (Å²) in [5.74, 6) is 0.508. The maximum absolute atomic E-state index is 11.8. The molecule has 2 heterocycles. The van der Waals surface area contributed by atoms with Crippen molar-refractivity contribution >= 4 is 17.5 Å². The molecule has 1 aromatic carbocycles. The van der Waals surface area contributed by atoms with Gasteiger partial charge in [0.05, 0.1) is 31.9 Å². The molecule has 8 heteroatoms. The van der Waals surface area contributed by atoms with Crippen molar-refractivity contribution in [2.45, 2.75) is 19.3 Å². The van der Waals surface area contributed by atoms with Gasteiger partial charge in [0.2, 0.25) is 11.9 Å². The van der Waals surface area contributed by atoms with E-state index in [4.69, 9.17) is 9.47 Å². The van der Waals surface area contributed by atoms with Crippen molar-refractivity contribution in [1.29, 1.82) is 0 Å². The Labute approximate surface area is 188 Å². The topological polar surface area (TPSA) is 88.6 Å². The van der Waals surface area contributed by atoms with Gasteiger partial charge in [0, 0.05) is 49.0 Å². The lowest BCUT2D eigenvalue weighted by atomic mass is 10.1. The summed E-state index contributed by atoms with van der Waals surface area (Å²) in [6, 6.07) is 9.50. The molecule has 4 rings (SSSR count). The number of hydrogen-bond acceptors (Lipinski definition) is 7. The maximum Gasteiger partial charge on any atom is 0.227 e. The van der Waals surface area contributed by atoms with Crippen LogP contribution < -0.4 is 10.6 Å². The van der Waals surface area contributed by atoms with Crippen LogP contribution in [0.15, 0.2) is 60.1 Å². The molecule has 1 aliphatic heterocycles. The number of aromatic nitrogens is 2. The van der Waals surface area contributed by atoms with Crippen molar-refractivity contribution in [3.63, 3.8) is 0 Å². The standard InChI is InChI=1S/C24H29N5O3/c1-31-15-11-23(30)26-19-4-2-18(3-5-19)22-10-12-25-24(28-22)27-20-6-8-21(9-7-20)29-13-16-32-17-14-29/h2-6,8,10,12H,7,9,11,13-17H2,1H3,(H,26,30)(H,25,27,28). The van der Waals surface area contributed by atoms with E-state index in [1.807, 2.05) is 30.3 Å². The summed E-state index contributed by atoms with van der Waals surface area (Å²) in [5, 5.41) is 6.21. The van der Waals surface area contributed by atoms with Crippen molar-refractivity contribution in [2.75, 3.05) is 50.7 Å². The van der Waals surface area contributed by atoms with Crippen LogP contribution in [0.25, 0.3) is 11.3 Å². The molecule has 1 fully saturated rings. The van der Waals surface area contributed by atoms with Crippen LogP contribution in [0.2, 0.25) is 0 Å². The van der Waals surface area contributed by atoms with Crippen LogP contribution in [-0.2, 0) is 14.3 Å². The zero-order valence-electron chi connectivity index (χ0n) is 18.3. The van der Waals surface area contributed by atoms with E-state index in [9.17, 15) is 4.79 Å². The molecule has 1 aromatic heterocycles. The normalized spacial score (nSPS) is 16.2. The van der Waals surface area contributed by atoms with Crippen molar-refractivity contribution in [3.8, 4) is 11.3 Å². The second-order valence-corrected chi connectivity index (χ2v) is 7.71. The second kappa shape index (κ2) is 10.9. The molecule has 0 saturated carbocycles. The summed E-state index contributed by atoms with van der Waals surface area (Å²) < 4.78 is 10.4. The average Bonchev–Trinajstić information content (AvgIpc) is 2.84. The van der Waals surface area contributed by atoms with Gasteiger partial charge in [-0.25, -0.2) is 9.97 Å². The molecule has 32 heavy (non-hydrogen) atoms. The zero-order chi connectivity index (χ0) is 22.2. The minimum atomic E-state index is -0.0697. The van der Waals surface area contributed by atoms with Gasteiger partial charge in [0.15, 0.2) is 0 Å². The molecular formula is C24H29N5O3. The van der Waals surface area contributed by atoms with Crippen LogP contribution in [0, 0.1) is 0 Å². The molecule has 2 N–H and O–H groups in total. The number of carbonyl (C=O) groups excluding carboxylic acids is 1. The van der Waals surface area contributed by atoms with Crippen molar-refractivity contribution in [2.24, 2.45) is 0 Å². The van der Waals surface area contributed by atoms with Crippen LogP contribution in [0.3, 0.4) is 0 Å². The van der Waals surface area contributed by atoms with Crippen LogP contribution in [-0.4, -0.2) is 60.8 Å². The summed E-state index contributed by atoms with van der Waals surface area (Å²) in [5.41, 5.74) is 4.99. The molecule has 0 radical (unpaired) electrons. The smallest absolute Gasteiger partial charge is 0.227 e. The number of nitrogens with one attached hydrogen (secondary N) is 2. The fourth-order valence-corrected chi connectivity index (χ4v) is 3.71. The lowest BCUT2D eigenvalue weighted by Gasteiger charge is -2.32. The Hall–Kier alpha value is -3.23. The average molecular weight is 436 g/mol. The number of ether oxygens (including phenoxy) is 2. The minimum Gasteiger partial charge on any atom is -0.384 e. The van der Waals surface area contributed by atoms with Crippen LogP contribution in [0.1, 0.15) is 19.3 Å². The number of anilines is 2. The van der Waals surface area contributed by atoms with E-state index in [1.54, 1.807) is 13.3 Å². The number of rotatable bonds is 8. The van der Waals surface area contributed by atoms with E-state index < -0.39 is 0 Å². The number of amides is 1. The third kappa shape index (κ3) is 5.93. The largest absolute Gasteiger partial charge is 0.384 e. The van der Waals surface area contributed by atoms with Gasteiger partial charge in [-0.15, -0.1) is 0 Å². The van der Waals surface area contributed by atoms with Gasteiger partial charge in [-0.2, -0.15) is 0 Å². The van der Waals surface area contributed by atoms with Crippen LogP contribution >= 0.6 is 0 Å². The van der Waals surface area contributed by atoms with E-state index in [0.29, 0.717) is 19.0 Å². The Balaban J connectivity index is 1.38. The Morgan fingerprint density at radius 3 is 2.66 bits per heavy atom. The van der Waals surface area contributed by atoms with E-state index in [2.05, 4.69) is 37.7 Å². The summed E-state index contributed by atoms with van der Waals surface area (Å²) in [6.07, 6.45) is 8.30. The summed E-state index contributed by atoms with van der Waals surface area (Å²) in [4.78, 5) is 23.3. The molecule has 168 valence electrons. The molecule has 0 atom stereocenters. The Bertz CT molecular complexity index is 981. The SMILES string of the molecule is COCCC(=O)Nc1ccc(-c2ccnc(NC3=CC=C(N4CCOCC4)CC3)n2)cc1. The third-order valence-electron chi connectivity index (χ3n) is 5.47. The van der Waals surface area contributed by atoms with E-state index in [-0.39, 0.29) is 5.91 Å². The van der Waals surface area contributed by atoms with Crippen molar-refractivity contribution in [3.05, 3.63) is 60.1 Å². The number of allylic oxidation sites excluding steroid dienone is 4. The molecule has 2 aromatic rings. The molecule has 1 amide bonds. The number of carbonyl (C=O) groups is 1. The first kappa shape index (κ1) is 22.0. The highest BCUT2D eigenvalue weighted by Gasteiger charge is 2.16. The van der Waals surface area contributed by atoms with Gasteiger partial charge in [-0.1, -0.05) is 12.1 Å². The van der Waals surface area contributed by atoms with Crippen LogP contribution in [0.4, 0.5) is 11.6 Å². The zero-order valence-corrected chi connectivity index (χ0v) is 18.3. The fourth-order valence-electron chi connectivity index (χ4n) is 3.71. The number of methoxy groups -OCH3 is 1. The Morgan fingerprint density at radius 1 is 1.12 bits per heavy atom. The molecule has 8 nitrogen and oxygen atoms in total. The van der Waals surface area contributed by atoms with E-state index >= 15 is 0 Å². The summed E-state index contributed by atoms with van der Waals surface area (Å²) >= 11 is 0. The first-order chi connectivity index (χ1) is 15.7. The van der Waals surface area contributed by atoms with Gasteiger partial charge in [-0.05, 0) is 43.2 Å². The van der Waals surface area contributed by atoms with Gasteiger partial charge in [-0.3, -0.25) is 4.79 Å². The predicted molar refractivity (Wildman–Crippen MR) is 124 cm³/mol. The lowest BCUT2D eigenvalue weighted by molar-refractivity contribution is -0.117. The lowest BCUT2D eigenvalue weighted by Crippen LogP contribution is -2.36. The minimum absolute atomic E-state index is 0.0697. The van der Waals surface area contributed by atoms with E-state index in [0.717, 1.165) is 61.8 Å². The van der Waals surface area contributed by atoms with Crippen LogP contribution in [0.5, 0.6) is 0 Å². The quantitative estimate of drug-likeness (QED) is 0.657. The van der Waals surface area contributed by atoms with Crippen molar-refractivity contribution < 1.29 is 14.3 Å². The van der Waals surface area contributed by atoms with Crippen molar-refractivity contribution in [1.82, 2.24) is 14.9 Å². The van der Waals surface area contributed by atoms with E-state index in [1.165, 1.54) is 5.70 Å². The highest BCUT2D eigenvalue weighted by Crippen LogP contribution is 2.24. The molecular weight excluding hydrogens is 406 g/mol. The summed E-state index contributed by atoms with van der Waals surface area (Å²) in [7, 11) is 1.58. The second-order valence-electron chi connectivity index (χ2n) is 7.71. The number of benzene rings is 1. The molecule has 0 unspecified atom stereocenters. The highest BCUT2D eigenvalue weighted by molar-refractivity contribution is 5.91. The molecule has 0 spiro atoms. The Kier molecular flexibility index (Phi) is 7.47. The number of nitrogens with zero attached hydrogens (tertiary/aromatic N) is 3. The first-order valence-electron chi connectivity index (χ1n) is 10.9. The third-order valence-corrected chi connectivity index (χ3v) is 5.47. The highest BCUT2D eigenvalue weighted by atomic mass is 16.5. The molecule has 0 bridgehead atoms. The molecule has 1 saturated heterocycles. The Morgan fingerprint density at radius 2 is 1.94 bits per heavy atom. The number of hydrogen-bond donors (Lipinski definition) is 2. The monoisotopic (exact) mass is 435 g/mol. The maximum atomic E-state index is 11.8. The van der Waals surface area contributed by atoms with Gasteiger partial charge >= 0.3 is 0 Å². The predicted octanol–water partition coefficient (Wildman–Crippen LogP) is 3.42. The van der Waals surface area contributed by atoms with Gasteiger partial charge < -0.3 is 25.0 Å². The fraction of sp³-hybridized carbons (Fsp3) is 0.375. The number of morpholine rings is 1. The summed E-state index contributed by atoms with van der Waals surface area (Å²) in [6.45, 7) is 3.93. The van der Waals surface area contributed by atoms with Gasteiger partial charge in [0.25, 0.3) is 0 Å². The van der Waals surface area contributed by atoms with Gasteiger partial charge in [0.1, 0.15) is 0 Å². The molecule has 2 aliphatic rings. The first-order valence-corrected chi connectivity index (χ1v) is 10.9. The molecule has 1 aliphatic carbocycles.